The zero-order valence-corrected chi connectivity index (χ0v) is 15.3. The molecule has 3 unspecified atom stereocenters. The summed E-state index contributed by atoms with van der Waals surface area (Å²) in [5, 5.41) is 9.38. The van der Waals surface area contributed by atoms with Crippen LogP contribution in [-0.2, 0) is 32.7 Å². The number of hydrogen-bond donors (Lipinski definition) is 1. The normalized spacial score (nSPS) is 28.4. The Balaban J connectivity index is 1.35. The van der Waals surface area contributed by atoms with Crippen molar-refractivity contribution in [1.29, 1.82) is 0 Å². The summed E-state index contributed by atoms with van der Waals surface area (Å²) >= 11 is 0. The third-order valence-electron chi connectivity index (χ3n) is 6.49. The Morgan fingerprint density at radius 1 is 1.22 bits per heavy atom. The predicted octanol–water partition coefficient (Wildman–Crippen LogP) is 3.95. The number of carbonyl (C=O) groups is 1. The summed E-state index contributed by atoms with van der Waals surface area (Å²) in [6.45, 7) is 2.10. The summed E-state index contributed by atoms with van der Waals surface area (Å²) in [5.41, 5.74) is 6.06. The number of carboxylic acid groups (broad SMARTS) is 1. The van der Waals surface area contributed by atoms with E-state index < -0.39 is 5.97 Å². The standard InChI is InChI=1S/C23H24O4/c24-22(25)21-12-23(21)8-6-18-11-17(4-5-20(18)23)16-3-1-2-15(10-16)13-27-19-7-9-26-14-19/h1-5,10-11,19,21H,6-9,12-14H2,(H,24,25). The molecule has 2 fully saturated rings. The van der Waals surface area contributed by atoms with Gasteiger partial charge in [-0.3, -0.25) is 4.79 Å². The SMILES string of the molecule is O=C(O)C1CC12CCc1cc(-c3cccc(COC4CCOC4)c3)ccc12. The number of ether oxygens (including phenoxy) is 2. The summed E-state index contributed by atoms with van der Waals surface area (Å²) in [6.07, 6.45) is 3.94. The van der Waals surface area contributed by atoms with Gasteiger partial charge in [-0.15, -0.1) is 0 Å². The molecule has 140 valence electrons. The van der Waals surface area contributed by atoms with Gasteiger partial charge in [-0.25, -0.2) is 0 Å². The number of hydrogen-bond acceptors (Lipinski definition) is 3. The van der Waals surface area contributed by atoms with Crippen LogP contribution in [0.25, 0.3) is 11.1 Å². The lowest BCUT2D eigenvalue weighted by Crippen LogP contribution is -2.11. The molecule has 5 rings (SSSR count). The minimum Gasteiger partial charge on any atom is -0.481 e. The number of aryl methyl sites for hydroxylation is 1. The maximum absolute atomic E-state index is 11.4. The second-order valence-electron chi connectivity index (χ2n) is 8.12. The third-order valence-corrected chi connectivity index (χ3v) is 6.49. The van der Waals surface area contributed by atoms with E-state index in [1.807, 2.05) is 0 Å². The molecule has 3 atom stereocenters. The number of carboxylic acids is 1. The quantitative estimate of drug-likeness (QED) is 0.873. The van der Waals surface area contributed by atoms with E-state index in [4.69, 9.17) is 9.47 Å². The molecule has 4 heteroatoms. The van der Waals surface area contributed by atoms with E-state index in [9.17, 15) is 9.90 Å². The van der Waals surface area contributed by atoms with Crippen LogP contribution in [0, 0.1) is 5.92 Å². The van der Waals surface area contributed by atoms with Crippen LogP contribution in [0.2, 0.25) is 0 Å². The Morgan fingerprint density at radius 2 is 2.11 bits per heavy atom. The van der Waals surface area contributed by atoms with Crippen molar-refractivity contribution < 1.29 is 19.4 Å². The van der Waals surface area contributed by atoms with Crippen LogP contribution in [0.15, 0.2) is 42.5 Å². The van der Waals surface area contributed by atoms with Gasteiger partial charge < -0.3 is 14.6 Å². The second-order valence-corrected chi connectivity index (χ2v) is 8.12. The molecule has 0 amide bonds. The molecule has 27 heavy (non-hydrogen) atoms. The summed E-state index contributed by atoms with van der Waals surface area (Å²) in [7, 11) is 0. The molecule has 2 aliphatic carbocycles. The first-order valence-corrected chi connectivity index (χ1v) is 9.81. The Hall–Kier alpha value is -2.17. The number of rotatable bonds is 5. The first-order chi connectivity index (χ1) is 13.2. The summed E-state index contributed by atoms with van der Waals surface area (Å²) in [5.74, 6) is -0.836. The summed E-state index contributed by atoms with van der Waals surface area (Å²) in [6, 6.07) is 15.1. The highest BCUT2D eigenvalue weighted by Crippen LogP contribution is 2.61. The molecule has 1 heterocycles. The topological polar surface area (TPSA) is 55.8 Å². The maximum atomic E-state index is 11.4. The van der Waals surface area contributed by atoms with Crippen molar-refractivity contribution in [1.82, 2.24) is 0 Å². The van der Waals surface area contributed by atoms with Crippen LogP contribution in [0.1, 0.15) is 36.0 Å². The van der Waals surface area contributed by atoms with E-state index in [1.54, 1.807) is 0 Å². The molecule has 0 radical (unpaired) electrons. The van der Waals surface area contributed by atoms with Crippen molar-refractivity contribution in [3.8, 4) is 11.1 Å². The first-order valence-electron chi connectivity index (χ1n) is 9.81. The molecule has 1 saturated heterocycles. The smallest absolute Gasteiger partial charge is 0.307 e. The lowest BCUT2D eigenvalue weighted by atomic mass is 9.93. The van der Waals surface area contributed by atoms with Crippen LogP contribution in [0.5, 0.6) is 0 Å². The minimum atomic E-state index is -0.646. The average Bonchev–Trinajstić information content (AvgIpc) is 3.00. The van der Waals surface area contributed by atoms with E-state index in [-0.39, 0.29) is 17.4 Å². The van der Waals surface area contributed by atoms with Gasteiger partial charge in [0.15, 0.2) is 0 Å². The number of benzene rings is 2. The third kappa shape index (κ3) is 2.97. The summed E-state index contributed by atoms with van der Waals surface area (Å²) in [4.78, 5) is 11.4. The lowest BCUT2D eigenvalue weighted by Gasteiger charge is -2.13. The zero-order valence-electron chi connectivity index (χ0n) is 15.3. The van der Waals surface area contributed by atoms with Crippen molar-refractivity contribution in [2.75, 3.05) is 13.2 Å². The Bertz CT molecular complexity index is 884. The van der Waals surface area contributed by atoms with Crippen molar-refractivity contribution in [3.63, 3.8) is 0 Å². The fourth-order valence-electron chi connectivity index (χ4n) is 4.86. The van der Waals surface area contributed by atoms with Gasteiger partial charge in [0.05, 0.1) is 25.2 Å². The van der Waals surface area contributed by atoms with Crippen molar-refractivity contribution in [3.05, 3.63) is 59.2 Å². The van der Waals surface area contributed by atoms with E-state index in [0.29, 0.717) is 13.2 Å². The van der Waals surface area contributed by atoms with E-state index in [2.05, 4.69) is 42.5 Å². The molecular weight excluding hydrogens is 340 g/mol. The number of fused-ring (bicyclic) bond motifs is 2. The van der Waals surface area contributed by atoms with Gasteiger partial charge in [-0.1, -0.05) is 36.4 Å². The fourth-order valence-corrected chi connectivity index (χ4v) is 4.86. The minimum absolute atomic E-state index is 0.0846. The predicted molar refractivity (Wildman–Crippen MR) is 102 cm³/mol. The first kappa shape index (κ1) is 17.0. The van der Waals surface area contributed by atoms with Crippen LogP contribution in [0.4, 0.5) is 0 Å². The lowest BCUT2D eigenvalue weighted by molar-refractivity contribution is -0.139. The van der Waals surface area contributed by atoms with Crippen LogP contribution in [-0.4, -0.2) is 30.4 Å². The van der Waals surface area contributed by atoms with Gasteiger partial charge in [-0.2, -0.15) is 0 Å². The molecule has 2 aromatic carbocycles. The van der Waals surface area contributed by atoms with Gasteiger partial charge in [0.1, 0.15) is 0 Å². The van der Waals surface area contributed by atoms with Crippen molar-refractivity contribution in [2.45, 2.75) is 43.8 Å². The molecule has 2 aromatic rings. The van der Waals surface area contributed by atoms with Gasteiger partial charge in [-0.05, 0) is 59.6 Å². The average molecular weight is 364 g/mol. The monoisotopic (exact) mass is 364 g/mol. The van der Waals surface area contributed by atoms with E-state index >= 15 is 0 Å². The molecule has 4 nitrogen and oxygen atoms in total. The van der Waals surface area contributed by atoms with Crippen molar-refractivity contribution in [2.24, 2.45) is 5.92 Å². The molecule has 1 aliphatic heterocycles. The van der Waals surface area contributed by atoms with Crippen LogP contribution < -0.4 is 0 Å². The zero-order chi connectivity index (χ0) is 18.4. The highest BCUT2D eigenvalue weighted by atomic mass is 16.5. The Labute approximate surface area is 159 Å². The van der Waals surface area contributed by atoms with Crippen LogP contribution in [0.3, 0.4) is 0 Å². The molecule has 1 spiro atoms. The van der Waals surface area contributed by atoms with Gasteiger partial charge in [0.25, 0.3) is 0 Å². The van der Waals surface area contributed by atoms with E-state index in [0.717, 1.165) is 32.3 Å². The molecular formula is C23H24O4. The van der Waals surface area contributed by atoms with Crippen molar-refractivity contribution >= 4 is 5.97 Å². The van der Waals surface area contributed by atoms with Gasteiger partial charge in [0.2, 0.25) is 0 Å². The molecule has 0 aromatic heterocycles. The van der Waals surface area contributed by atoms with Crippen LogP contribution >= 0.6 is 0 Å². The maximum Gasteiger partial charge on any atom is 0.307 e. The Morgan fingerprint density at radius 3 is 2.89 bits per heavy atom. The van der Waals surface area contributed by atoms with Gasteiger partial charge >= 0.3 is 5.97 Å². The molecule has 1 saturated carbocycles. The highest BCUT2D eigenvalue weighted by molar-refractivity contribution is 5.78. The second kappa shape index (κ2) is 6.47. The molecule has 1 N–H and O–H groups in total. The Kier molecular flexibility index (Phi) is 4.06. The van der Waals surface area contributed by atoms with Gasteiger partial charge in [0, 0.05) is 12.0 Å². The fraction of sp³-hybridized carbons (Fsp3) is 0.435. The number of aliphatic carboxylic acids is 1. The molecule has 0 bridgehead atoms. The highest BCUT2D eigenvalue weighted by Gasteiger charge is 2.61. The molecule has 3 aliphatic rings. The summed E-state index contributed by atoms with van der Waals surface area (Å²) < 4.78 is 11.3. The van der Waals surface area contributed by atoms with E-state index in [1.165, 1.54) is 27.8 Å². The largest absolute Gasteiger partial charge is 0.481 e.